The van der Waals surface area contributed by atoms with Crippen molar-refractivity contribution in [2.45, 2.75) is 6.61 Å². The van der Waals surface area contributed by atoms with Crippen molar-refractivity contribution in [3.05, 3.63) is 35.9 Å². The molecule has 5 heteroatoms. The molecule has 0 aliphatic carbocycles. The minimum atomic E-state index is 0.416. The molecule has 0 fully saturated rings. The fraction of sp³-hybridized carbons (Fsp3) is 0.100. The zero-order valence-electron chi connectivity index (χ0n) is 7.71. The lowest BCUT2D eigenvalue weighted by Crippen LogP contribution is -2.12. The fourth-order valence-electron chi connectivity index (χ4n) is 1.60. The van der Waals surface area contributed by atoms with Crippen LogP contribution in [-0.4, -0.2) is 14.8 Å². The van der Waals surface area contributed by atoms with Crippen molar-refractivity contribution in [3.63, 3.8) is 0 Å². The highest BCUT2D eigenvalue weighted by atomic mass is 16.5. The lowest BCUT2D eigenvalue weighted by atomic mass is 10.2. The van der Waals surface area contributed by atoms with Crippen LogP contribution in [0.4, 0.5) is 0 Å². The number of hydrogen-bond acceptors (Lipinski definition) is 4. The minimum Gasteiger partial charge on any atom is -0.483 e. The van der Waals surface area contributed by atoms with Crippen LogP contribution in [0.1, 0.15) is 11.4 Å². The molecule has 0 unspecified atom stereocenters. The van der Waals surface area contributed by atoms with E-state index >= 15 is 0 Å². The molecule has 1 aromatic carbocycles. The number of nitriles is 1. The van der Waals surface area contributed by atoms with Gasteiger partial charge in [-0.25, -0.2) is 0 Å². The fourth-order valence-corrected chi connectivity index (χ4v) is 1.60. The van der Waals surface area contributed by atoms with Crippen molar-refractivity contribution in [1.82, 2.24) is 14.8 Å². The second kappa shape index (κ2) is 2.82. The minimum absolute atomic E-state index is 0.416. The summed E-state index contributed by atoms with van der Waals surface area (Å²) in [6.45, 7) is 0.416. The molecular weight excluding hydrogens is 192 g/mol. The van der Waals surface area contributed by atoms with E-state index in [-0.39, 0.29) is 0 Å². The Balaban J connectivity index is 2.27. The maximum absolute atomic E-state index is 8.81. The van der Waals surface area contributed by atoms with Gasteiger partial charge in [-0.15, -0.1) is 10.2 Å². The van der Waals surface area contributed by atoms with Crippen LogP contribution >= 0.6 is 0 Å². The third-order valence-electron chi connectivity index (χ3n) is 2.32. The maximum atomic E-state index is 8.81. The molecule has 1 aliphatic heterocycles. The van der Waals surface area contributed by atoms with Crippen LogP contribution in [0.15, 0.2) is 24.5 Å². The molecule has 0 saturated carbocycles. The Morgan fingerprint density at radius 3 is 3.27 bits per heavy atom. The molecule has 72 valence electrons. The molecule has 0 spiro atoms. The SMILES string of the molecule is N#Cc1ccc2c(c1)-n1cnnc1CO2. The van der Waals surface area contributed by atoms with E-state index in [1.54, 1.807) is 24.5 Å². The van der Waals surface area contributed by atoms with Crippen LogP contribution in [0.5, 0.6) is 5.75 Å². The van der Waals surface area contributed by atoms with E-state index in [0.717, 1.165) is 17.3 Å². The normalized spacial score (nSPS) is 12.2. The maximum Gasteiger partial charge on any atom is 0.175 e. The zero-order chi connectivity index (χ0) is 10.3. The van der Waals surface area contributed by atoms with Gasteiger partial charge in [-0.2, -0.15) is 5.26 Å². The van der Waals surface area contributed by atoms with E-state index in [9.17, 15) is 0 Å². The monoisotopic (exact) mass is 198 g/mol. The number of fused-ring (bicyclic) bond motifs is 3. The van der Waals surface area contributed by atoms with E-state index in [4.69, 9.17) is 10.00 Å². The third kappa shape index (κ3) is 1.08. The van der Waals surface area contributed by atoms with Crippen molar-refractivity contribution in [1.29, 1.82) is 5.26 Å². The third-order valence-corrected chi connectivity index (χ3v) is 2.32. The predicted molar refractivity (Wildman–Crippen MR) is 50.4 cm³/mol. The Kier molecular flexibility index (Phi) is 1.50. The Labute approximate surface area is 85.5 Å². The molecule has 1 aromatic heterocycles. The van der Waals surface area contributed by atoms with Crippen molar-refractivity contribution >= 4 is 0 Å². The predicted octanol–water partition coefficient (Wildman–Crippen LogP) is 1.03. The zero-order valence-corrected chi connectivity index (χ0v) is 7.71. The Hall–Kier alpha value is -2.35. The van der Waals surface area contributed by atoms with Gasteiger partial charge in [-0.1, -0.05) is 0 Å². The lowest BCUT2D eigenvalue weighted by molar-refractivity contribution is 0.279. The van der Waals surface area contributed by atoms with E-state index in [0.29, 0.717) is 12.2 Å². The second-order valence-electron chi connectivity index (χ2n) is 3.20. The molecule has 1 aliphatic rings. The first-order valence-corrected chi connectivity index (χ1v) is 4.45. The summed E-state index contributed by atoms with van der Waals surface area (Å²) in [5, 5.41) is 16.5. The summed E-state index contributed by atoms with van der Waals surface area (Å²) >= 11 is 0. The van der Waals surface area contributed by atoms with Gasteiger partial charge in [0, 0.05) is 0 Å². The van der Waals surface area contributed by atoms with Crippen LogP contribution in [-0.2, 0) is 6.61 Å². The van der Waals surface area contributed by atoms with Crippen LogP contribution in [0, 0.1) is 11.3 Å². The number of nitrogens with zero attached hydrogens (tertiary/aromatic N) is 4. The van der Waals surface area contributed by atoms with Gasteiger partial charge < -0.3 is 4.74 Å². The molecule has 0 amide bonds. The second-order valence-corrected chi connectivity index (χ2v) is 3.20. The van der Waals surface area contributed by atoms with E-state index in [1.165, 1.54) is 0 Å². The molecule has 2 aromatic rings. The molecule has 2 heterocycles. The molecule has 15 heavy (non-hydrogen) atoms. The van der Waals surface area contributed by atoms with Gasteiger partial charge in [-0.05, 0) is 18.2 Å². The van der Waals surface area contributed by atoms with Gasteiger partial charge in [0.1, 0.15) is 18.7 Å². The molecular formula is C10H6N4O. The number of ether oxygens (including phenoxy) is 1. The van der Waals surface area contributed by atoms with Gasteiger partial charge >= 0.3 is 0 Å². The summed E-state index contributed by atoms with van der Waals surface area (Å²) in [4.78, 5) is 0. The topological polar surface area (TPSA) is 63.7 Å². The summed E-state index contributed by atoms with van der Waals surface area (Å²) in [7, 11) is 0. The summed E-state index contributed by atoms with van der Waals surface area (Å²) in [5.74, 6) is 1.50. The molecule has 0 N–H and O–H groups in total. The summed E-state index contributed by atoms with van der Waals surface area (Å²) in [6, 6.07) is 7.37. The summed E-state index contributed by atoms with van der Waals surface area (Å²) in [6.07, 6.45) is 1.62. The van der Waals surface area contributed by atoms with Crippen LogP contribution in [0.2, 0.25) is 0 Å². The van der Waals surface area contributed by atoms with E-state index in [1.807, 2.05) is 4.57 Å². The summed E-state index contributed by atoms with van der Waals surface area (Å²) in [5.41, 5.74) is 1.42. The molecule has 5 nitrogen and oxygen atoms in total. The van der Waals surface area contributed by atoms with Gasteiger partial charge in [0.25, 0.3) is 0 Å². The number of aromatic nitrogens is 3. The highest BCUT2D eigenvalue weighted by Crippen LogP contribution is 2.29. The average Bonchev–Trinajstić information content (AvgIpc) is 2.76. The van der Waals surface area contributed by atoms with E-state index < -0.39 is 0 Å². The van der Waals surface area contributed by atoms with Gasteiger partial charge in [0.05, 0.1) is 17.3 Å². The van der Waals surface area contributed by atoms with E-state index in [2.05, 4.69) is 16.3 Å². The first-order valence-electron chi connectivity index (χ1n) is 4.45. The Morgan fingerprint density at radius 2 is 2.40 bits per heavy atom. The van der Waals surface area contributed by atoms with Gasteiger partial charge in [-0.3, -0.25) is 4.57 Å². The number of benzene rings is 1. The van der Waals surface area contributed by atoms with Crippen LogP contribution < -0.4 is 4.74 Å². The van der Waals surface area contributed by atoms with Crippen LogP contribution in [0.3, 0.4) is 0 Å². The lowest BCUT2D eigenvalue weighted by Gasteiger charge is -2.18. The molecule has 0 atom stereocenters. The standard InChI is InChI=1S/C10H6N4O/c11-4-7-1-2-9-8(3-7)14-6-12-13-10(14)5-15-9/h1-3,6H,5H2. The Morgan fingerprint density at radius 1 is 1.47 bits per heavy atom. The summed E-state index contributed by atoms with van der Waals surface area (Å²) < 4.78 is 7.31. The number of rotatable bonds is 0. The molecule has 3 rings (SSSR count). The first-order chi connectivity index (χ1) is 7.38. The van der Waals surface area contributed by atoms with Crippen molar-refractivity contribution in [2.75, 3.05) is 0 Å². The smallest absolute Gasteiger partial charge is 0.175 e. The van der Waals surface area contributed by atoms with Crippen molar-refractivity contribution < 1.29 is 4.74 Å². The average molecular weight is 198 g/mol. The van der Waals surface area contributed by atoms with Crippen LogP contribution in [0.25, 0.3) is 5.69 Å². The quantitative estimate of drug-likeness (QED) is 0.634. The van der Waals surface area contributed by atoms with Crippen molar-refractivity contribution in [2.24, 2.45) is 0 Å². The first kappa shape index (κ1) is 8.00. The molecule has 0 bridgehead atoms. The molecule has 0 saturated heterocycles. The van der Waals surface area contributed by atoms with Gasteiger partial charge in [0.2, 0.25) is 0 Å². The highest BCUT2D eigenvalue weighted by molar-refractivity contribution is 5.53. The number of hydrogen-bond donors (Lipinski definition) is 0. The highest BCUT2D eigenvalue weighted by Gasteiger charge is 2.17. The Bertz CT molecular complexity index is 567. The van der Waals surface area contributed by atoms with Gasteiger partial charge in [0.15, 0.2) is 5.82 Å². The van der Waals surface area contributed by atoms with Crippen molar-refractivity contribution in [3.8, 4) is 17.5 Å². The molecule has 0 radical (unpaired) electrons. The largest absolute Gasteiger partial charge is 0.483 e.